The van der Waals surface area contributed by atoms with E-state index >= 15 is 0 Å². The summed E-state index contributed by atoms with van der Waals surface area (Å²) in [6, 6.07) is 3.09. The predicted molar refractivity (Wildman–Crippen MR) is 53.3 cm³/mol. The molecule has 0 spiro atoms. The van der Waals surface area contributed by atoms with Gasteiger partial charge in [0.15, 0.2) is 0 Å². The Morgan fingerprint density at radius 3 is 2.31 bits per heavy atom. The summed E-state index contributed by atoms with van der Waals surface area (Å²) in [6.07, 6.45) is 0. The zero-order valence-corrected chi connectivity index (χ0v) is 10.0. The van der Waals surface area contributed by atoms with Gasteiger partial charge in [-0.3, -0.25) is 0 Å². The highest BCUT2D eigenvalue weighted by Crippen LogP contribution is 2.33. The Balaban J connectivity index is 3.46. The van der Waals surface area contributed by atoms with Gasteiger partial charge in [0.05, 0.1) is 11.5 Å². The van der Waals surface area contributed by atoms with Crippen LogP contribution in [-0.2, 0) is 16.4 Å². The van der Waals surface area contributed by atoms with E-state index in [1.165, 1.54) is 0 Å². The number of halogens is 4. The van der Waals surface area contributed by atoms with Gasteiger partial charge in [0.25, 0.3) is 9.84 Å². The number of sulfone groups is 1. The quantitative estimate of drug-likeness (QED) is 0.909. The van der Waals surface area contributed by atoms with Gasteiger partial charge in [-0.15, -0.1) is 0 Å². The largest absolute Gasteiger partial charge is 0.501 e. The Bertz CT molecular complexity index is 496. The molecule has 0 saturated carbocycles. The van der Waals surface area contributed by atoms with Gasteiger partial charge in [-0.2, -0.15) is 13.2 Å². The maximum Gasteiger partial charge on any atom is 0.501 e. The fourth-order valence-electron chi connectivity index (χ4n) is 1.06. The molecule has 16 heavy (non-hydrogen) atoms. The molecule has 0 bridgehead atoms. The van der Waals surface area contributed by atoms with E-state index < -0.39 is 26.8 Å². The smallest absolute Gasteiger partial charge is 0.392 e. The van der Waals surface area contributed by atoms with Crippen molar-refractivity contribution < 1.29 is 26.7 Å². The first-order chi connectivity index (χ1) is 7.20. The van der Waals surface area contributed by atoms with Crippen LogP contribution in [0.3, 0.4) is 0 Å². The van der Waals surface area contributed by atoms with Gasteiger partial charge in [0, 0.05) is 4.47 Å². The lowest BCUT2D eigenvalue weighted by atomic mass is 10.2. The van der Waals surface area contributed by atoms with Crippen molar-refractivity contribution in [2.75, 3.05) is 0 Å². The summed E-state index contributed by atoms with van der Waals surface area (Å²) in [7, 11) is -5.42. The van der Waals surface area contributed by atoms with E-state index in [0.29, 0.717) is 4.47 Å². The van der Waals surface area contributed by atoms with Crippen LogP contribution in [0.5, 0.6) is 0 Å². The summed E-state index contributed by atoms with van der Waals surface area (Å²) in [5, 5.41) is 8.82. The number of aliphatic hydroxyl groups excluding tert-OH is 1. The Kier molecular flexibility index (Phi) is 3.65. The van der Waals surface area contributed by atoms with Gasteiger partial charge in [0.1, 0.15) is 0 Å². The summed E-state index contributed by atoms with van der Waals surface area (Å²) in [6.45, 7) is -0.788. The molecule has 0 radical (unpaired) electrons. The second kappa shape index (κ2) is 4.34. The minimum atomic E-state index is -5.42. The number of alkyl halides is 3. The van der Waals surface area contributed by atoms with E-state index in [4.69, 9.17) is 5.11 Å². The number of aliphatic hydroxyl groups is 1. The van der Waals surface area contributed by atoms with Crippen molar-refractivity contribution in [3.05, 3.63) is 28.2 Å². The molecule has 8 heteroatoms. The summed E-state index contributed by atoms with van der Waals surface area (Å²) in [4.78, 5) is -0.925. The van der Waals surface area contributed by atoms with Gasteiger partial charge >= 0.3 is 5.51 Å². The lowest BCUT2D eigenvalue weighted by Gasteiger charge is -2.11. The third kappa shape index (κ3) is 2.38. The first kappa shape index (κ1) is 13.5. The summed E-state index contributed by atoms with van der Waals surface area (Å²) in [5.41, 5.74) is -5.67. The van der Waals surface area contributed by atoms with Gasteiger partial charge in [-0.25, -0.2) is 8.42 Å². The SMILES string of the molecule is O=S(=O)(c1ccc(Br)cc1CO)C(F)(F)F. The zero-order chi connectivity index (χ0) is 12.6. The van der Waals surface area contributed by atoms with Crippen molar-refractivity contribution in [1.29, 1.82) is 0 Å². The predicted octanol–water partition coefficient (Wildman–Crippen LogP) is 2.23. The monoisotopic (exact) mass is 318 g/mol. The Morgan fingerprint density at radius 1 is 1.31 bits per heavy atom. The highest BCUT2D eigenvalue weighted by molar-refractivity contribution is 9.10. The molecule has 0 aromatic heterocycles. The minimum absolute atomic E-state index is 0.299. The van der Waals surface area contributed by atoms with E-state index in [1.807, 2.05) is 0 Å². The van der Waals surface area contributed by atoms with Crippen LogP contribution in [0.15, 0.2) is 27.6 Å². The Hall–Kier alpha value is -0.600. The van der Waals surface area contributed by atoms with E-state index in [9.17, 15) is 21.6 Å². The van der Waals surface area contributed by atoms with E-state index in [1.54, 1.807) is 0 Å². The minimum Gasteiger partial charge on any atom is -0.392 e. The number of hydrogen-bond acceptors (Lipinski definition) is 3. The number of hydrogen-bond donors (Lipinski definition) is 1. The molecule has 0 aliphatic rings. The molecule has 1 rings (SSSR count). The maximum atomic E-state index is 12.3. The fraction of sp³-hybridized carbons (Fsp3) is 0.250. The molecule has 0 atom stereocenters. The molecular formula is C8H6BrF3O3S. The van der Waals surface area contributed by atoms with Crippen molar-refractivity contribution in [3.63, 3.8) is 0 Å². The highest BCUT2D eigenvalue weighted by atomic mass is 79.9. The lowest BCUT2D eigenvalue weighted by molar-refractivity contribution is -0.0436. The third-order valence-electron chi connectivity index (χ3n) is 1.79. The molecule has 0 unspecified atom stereocenters. The van der Waals surface area contributed by atoms with Crippen LogP contribution < -0.4 is 0 Å². The molecule has 90 valence electrons. The molecule has 0 fully saturated rings. The molecule has 0 aliphatic heterocycles. The summed E-state index contributed by atoms with van der Waals surface area (Å²) in [5.74, 6) is 0. The van der Waals surface area contributed by atoms with Crippen LogP contribution in [0.25, 0.3) is 0 Å². The lowest BCUT2D eigenvalue weighted by Crippen LogP contribution is -2.24. The molecule has 1 aromatic carbocycles. The molecular weight excluding hydrogens is 313 g/mol. The van der Waals surface area contributed by atoms with Crippen molar-refractivity contribution >= 4 is 25.8 Å². The number of benzene rings is 1. The molecule has 0 aliphatic carbocycles. The number of rotatable bonds is 2. The standard InChI is InChI=1S/C8H6BrF3O3S/c9-6-1-2-7(5(3-6)4-13)16(14,15)8(10,11)12/h1-3,13H,4H2. The average Bonchev–Trinajstić information content (AvgIpc) is 2.15. The molecule has 1 aromatic rings. The first-order valence-corrected chi connectivity index (χ1v) is 6.18. The van der Waals surface area contributed by atoms with E-state index in [2.05, 4.69) is 15.9 Å². The van der Waals surface area contributed by atoms with E-state index in [-0.39, 0.29) is 5.56 Å². The van der Waals surface area contributed by atoms with Crippen LogP contribution in [0.2, 0.25) is 0 Å². The zero-order valence-electron chi connectivity index (χ0n) is 7.62. The fourth-order valence-corrected chi connectivity index (χ4v) is 2.43. The van der Waals surface area contributed by atoms with Crippen molar-refractivity contribution in [3.8, 4) is 0 Å². The van der Waals surface area contributed by atoms with Crippen LogP contribution in [0, 0.1) is 0 Å². The van der Waals surface area contributed by atoms with E-state index in [0.717, 1.165) is 18.2 Å². The van der Waals surface area contributed by atoms with Crippen LogP contribution in [-0.4, -0.2) is 19.0 Å². The van der Waals surface area contributed by atoms with Crippen molar-refractivity contribution in [2.24, 2.45) is 0 Å². The molecule has 0 saturated heterocycles. The van der Waals surface area contributed by atoms with Crippen molar-refractivity contribution in [2.45, 2.75) is 17.0 Å². The second-order valence-electron chi connectivity index (χ2n) is 2.86. The summed E-state index contributed by atoms with van der Waals surface area (Å²) < 4.78 is 59.3. The highest BCUT2D eigenvalue weighted by Gasteiger charge is 2.47. The van der Waals surface area contributed by atoms with Crippen LogP contribution in [0.4, 0.5) is 13.2 Å². The topological polar surface area (TPSA) is 54.4 Å². The second-order valence-corrected chi connectivity index (χ2v) is 5.68. The maximum absolute atomic E-state index is 12.3. The Labute approximate surface area is 97.9 Å². The van der Waals surface area contributed by atoms with Gasteiger partial charge in [-0.05, 0) is 23.8 Å². The van der Waals surface area contributed by atoms with Crippen LogP contribution in [0.1, 0.15) is 5.56 Å². The third-order valence-corrected chi connectivity index (χ3v) is 3.87. The molecule has 1 N–H and O–H groups in total. The summed E-state index contributed by atoms with van der Waals surface area (Å²) >= 11 is 2.97. The molecule has 0 heterocycles. The van der Waals surface area contributed by atoms with Gasteiger partial charge in [-0.1, -0.05) is 15.9 Å². The Morgan fingerprint density at radius 2 is 1.88 bits per heavy atom. The van der Waals surface area contributed by atoms with Crippen molar-refractivity contribution in [1.82, 2.24) is 0 Å². The van der Waals surface area contributed by atoms with Gasteiger partial charge in [0.2, 0.25) is 0 Å². The van der Waals surface area contributed by atoms with Crippen LogP contribution >= 0.6 is 15.9 Å². The van der Waals surface area contributed by atoms with Gasteiger partial charge < -0.3 is 5.11 Å². The molecule has 0 amide bonds. The molecule has 3 nitrogen and oxygen atoms in total. The normalized spacial score (nSPS) is 12.8. The average molecular weight is 319 g/mol. The first-order valence-electron chi connectivity index (χ1n) is 3.91.